The Hall–Kier alpha value is -1.42. The van der Waals surface area contributed by atoms with Gasteiger partial charge in [0.05, 0.1) is 5.60 Å². The van der Waals surface area contributed by atoms with Crippen LogP contribution in [0.4, 0.5) is 0 Å². The molecule has 0 amide bonds. The first-order valence-corrected chi connectivity index (χ1v) is 7.24. The largest absolute Gasteiger partial charge is 0.388 e. The van der Waals surface area contributed by atoms with Crippen LogP contribution in [0.25, 0.3) is 10.8 Å². The number of benzene rings is 2. The number of ether oxygens (including phenoxy) is 1. The van der Waals surface area contributed by atoms with E-state index in [1.807, 2.05) is 0 Å². The minimum Gasteiger partial charge on any atom is -0.388 e. The van der Waals surface area contributed by atoms with E-state index in [2.05, 4.69) is 47.8 Å². The fraction of sp³-hybridized carbons (Fsp3) is 0.412. The maximum atomic E-state index is 10.4. The van der Waals surface area contributed by atoms with Crippen molar-refractivity contribution in [3.8, 4) is 0 Å². The molecule has 2 aromatic rings. The summed E-state index contributed by atoms with van der Waals surface area (Å²) in [7, 11) is 0. The van der Waals surface area contributed by atoms with Gasteiger partial charge in [0.1, 0.15) is 0 Å². The SMILES string of the molecule is OC1(CNCc2ccc3ccccc3c2)CCOCC1. The van der Waals surface area contributed by atoms with Crippen molar-refractivity contribution in [1.82, 2.24) is 5.32 Å². The van der Waals surface area contributed by atoms with Crippen molar-refractivity contribution in [2.45, 2.75) is 25.0 Å². The lowest BCUT2D eigenvalue weighted by molar-refractivity contribution is -0.0617. The predicted molar refractivity (Wildman–Crippen MR) is 80.7 cm³/mol. The van der Waals surface area contributed by atoms with Crippen molar-refractivity contribution in [2.75, 3.05) is 19.8 Å². The summed E-state index contributed by atoms with van der Waals surface area (Å²) in [5.74, 6) is 0. The molecule has 0 radical (unpaired) electrons. The molecular formula is C17H21NO2. The topological polar surface area (TPSA) is 41.5 Å². The highest BCUT2D eigenvalue weighted by atomic mass is 16.5. The molecule has 1 aliphatic rings. The van der Waals surface area contributed by atoms with E-state index < -0.39 is 5.60 Å². The lowest BCUT2D eigenvalue weighted by atomic mass is 9.94. The Bertz CT molecular complexity index is 576. The molecule has 106 valence electrons. The van der Waals surface area contributed by atoms with Crippen LogP contribution < -0.4 is 5.32 Å². The maximum Gasteiger partial charge on any atom is 0.0815 e. The highest BCUT2D eigenvalue weighted by Gasteiger charge is 2.28. The Balaban J connectivity index is 1.59. The van der Waals surface area contributed by atoms with E-state index in [-0.39, 0.29) is 0 Å². The third-order valence-electron chi connectivity index (χ3n) is 4.02. The van der Waals surface area contributed by atoms with Crippen LogP contribution in [-0.2, 0) is 11.3 Å². The van der Waals surface area contributed by atoms with E-state index in [4.69, 9.17) is 4.74 Å². The summed E-state index contributed by atoms with van der Waals surface area (Å²) in [6, 6.07) is 14.9. The van der Waals surface area contributed by atoms with Gasteiger partial charge in [-0.25, -0.2) is 0 Å². The first-order valence-electron chi connectivity index (χ1n) is 7.24. The van der Waals surface area contributed by atoms with E-state index in [0.29, 0.717) is 19.8 Å². The summed E-state index contributed by atoms with van der Waals surface area (Å²) in [6.07, 6.45) is 1.44. The molecular weight excluding hydrogens is 250 g/mol. The van der Waals surface area contributed by atoms with Crippen LogP contribution in [0.2, 0.25) is 0 Å². The van der Waals surface area contributed by atoms with E-state index in [1.165, 1.54) is 16.3 Å². The van der Waals surface area contributed by atoms with Gasteiger partial charge in [0, 0.05) is 39.1 Å². The van der Waals surface area contributed by atoms with Crippen LogP contribution in [-0.4, -0.2) is 30.5 Å². The predicted octanol–water partition coefficient (Wildman–Crippen LogP) is 2.47. The molecule has 0 atom stereocenters. The van der Waals surface area contributed by atoms with E-state index in [0.717, 1.165) is 19.4 Å². The third-order valence-corrected chi connectivity index (χ3v) is 4.02. The molecule has 2 aromatic carbocycles. The van der Waals surface area contributed by atoms with E-state index in [1.54, 1.807) is 0 Å². The van der Waals surface area contributed by atoms with Crippen LogP contribution in [0.3, 0.4) is 0 Å². The number of nitrogens with one attached hydrogen (secondary N) is 1. The molecule has 0 aliphatic carbocycles. The van der Waals surface area contributed by atoms with E-state index >= 15 is 0 Å². The number of rotatable bonds is 4. The van der Waals surface area contributed by atoms with Crippen LogP contribution >= 0.6 is 0 Å². The lowest BCUT2D eigenvalue weighted by Crippen LogP contribution is -2.44. The van der Waals surface area contributed by atoms with Crippen molar-refractivity contribution < 1.29 is 9.84 Å². The Labute approximate surface area is 119 Å². The summed E-state index contributed by atoms with van der Waals surface area (Å²) in [5, 5.41) is 16.3. The summed E-state index contributed by atoms with van der Waals surface area (Å²) in [5.41, 5.74) is 0.647. The van der Waals surface area contributed by atoms with Gasteiger partial charge in [-0.2, -0.15) is 0 Å². The van der Waals surface area contributed by atoms with Crippen LogP contribution in [0, 0.1) is 0 Å². The first kappa shape index (κ1) is 13.6. The first-order chi connectivity index (χ1) is 9.75. The fourth-order valence-corrected chi connectivity index (χ4v) is 2.72. The highest BCUT2D eigenvalue weighted by Crippen LogP contribution is 2.20. The quantitative estimate of drug-likeness (QED) is 0.897. The molecule has 3 rings (SSSR count). The second kappa shape index (κ2) is 5.92. The lowest BCUT2D eigenvalue weighted by Gasteiger charge is -2.32. The summed E-state index contributed by atoms with van der Waals surface area (Å²) >= 11 is 0. The van der Waals surface area contributed by atoms with Gasteiger partial charge in [-0.05, 0) is 22.4 Å². The van der Waals surface area contributed by atoms with Gasteiger partial charge in [0.15, 0.2) is 0 Å². The Kier molecular flexibility index (Phi) is 4.01. The number of aliphatic hydroxyl groups is 1. The molecule has 1 saturated heterocycles. The molecule has 0 unspecified atom stereocenters. The smallest absolute Gasteiger partial charge is 0.0815 e. The fourth-order valence-electron chi connectivity index (χ4n) is 2.72. The van der Waals surface area contributed by atoms with Crippen LogP contribution in [0.15, 0.2) is 42.5 Å². The Morgan fingerprint density at radius 2 is 1.80 bits per heavy atom. The summed E-state index contributed by atoms with van der Waals surface area (Å²) in [4.78, 5) is 0. The molecule has 20 heavy (non-hydrogen) atoms. The average Bonchev–Trinajstić information content (AvgIpc) is 2.48. The molecule has 1 aliphatic heterocycles. The number of hydrogen-bond acceptors (Lipinski definition) is 3. The Morgan fingerprint density at radius 3 is 2.60 bits per heavy atom. The van der Waals surface area contributed by atoms with Crippen molar-refractivity contribution in [1.29, 1.82) is 0 Å². The maximum absolute atomic E-state index is 10.4. The van der Waals surface area contributed by atoms with Gasteiger partial charge < -0.3 is 15.2 Å². The zero-order valence-electron chi connectivity index (χ0n) is 11.6. The molecule has 3 heteroatoms. The molecule has 2 N–H and O–H groups in total. The molecule has 0 saturated carbocycles. The molecule has 0 bridgehead atoms. The zero-order chi connectivity index (χ0) is 13.8. The normalized spacial score (nSPS) is 18.2. The number of hydrogen-bond donors (Lipinski definition) is 2. The molecule has 1 heterocycles. The second-order valence-electron chi connectivity index (χ2n) is 5.62. The zero-order valence-corrected chi connectivity index (χ0v) is 11.6. The van der Waals surface area contributed by atoms with Gasteiger partial charge in [-0.1, -0.05) is 36.4 Å². The monoisotopic (exact) mass is 271 g/mol. The van der Waals surface area contributed by atoms with Crippen LogP contribution in [0.1, 0.15) is 18.4 Å². The Morgan fingerprint density at radius 1 is 1.05 bits per heavy atom. The van der Waals surface area contributed by atoms with Crippen molar-refractivity contribution in [2.24, 2.45) is 0 Å². The van der Waals surface area contributed by atoms with Crippen molar-refractivity contribution in [3.63, 3.8) is 0 Å². The summed E-state index contributed by atoms with van der Waals surface area (Å²) in [6.45, 7) is 2.74. The van der Waals surface area contributed by atoms with E-state index in [9.17, 15) is 5.11 Å². The van der Waals surface area contributed by atoms with Crippen molar-refractivity contribution >= 4 is 10.8 Å². The molecule has 3 nitrogen and oxygen atoms in total. The molecule has 0 spiro atoms. The van der Waals surface area contributed by atoms with Gasteiger partial charge in [-0.15, -0.1) is 0 Å². The summed E-state index contributed by atoms with van der Waals surface area (Å²) < 4.78 is 5.29. The van der Waals surface area contributed by atoms with Crippen molar-refractivity contribution in [3.05, 3.63) is 48.0 Å². The number of fused-ring (bicyclic) bond motifs is 1. The second-order valence-corrected chi connectivity index (χ2v) is 5.62. The van der Waals surface area contributed by atoms with Gasteiger partial charge in [0.2, 0.25) is 0 Å². The molecule has 1 fully saturated rings. The minimum atomic E-state index is -0.602. The minimum absolute atomic E-state index is 0.602. The molecule has 0 aromatic heterocycles. The van der Waals surface area contributed by atoms with Gasteiger partial charge in [0.25, 0.3) is 0 Å². The van der Waals surface area contributed by atoms with Crippen LogP contribution in [0.5, 0.6) is 0 Å². The average molecular weight is 271 g/mol. The van der Waals surface area contributed by atoms with Gasteiger partial charge in [-0.3, -0.25) is 0 Å². The van der Waals surface area contributed by atoms with Gasteiger partial charge >= 0.3 is 0 Å². The third kappa shape index (κ3) is 3.18. The standard InChI is InChI=1S/C17H21NO2/c19-17(7-9-20-10-8-17)13-18-12-14-5-6-15-3-1-2-4-16(15)11-14/h1-6,11,18-19H,7-10,12-13H2. The highest BCUT2D eigenvalue weighted by molar-refractivity contribution is 5.82.